The lowest BCUT2D eigenvalue weighted by Crippen LogP contribution is -2.57. The van der Waals surface area contributed by atoms with E-state index in [0.717, 1.165) is 31.4 Å². The Balaban J connectivity index is 1.79. The first-order valence-electron chi connectivity index (χ1n) is 17.6. The highest BCUT2D eigenvalue weighted by atomic mass is 32.1. The lowest BCUT2D eigenvalue weighted by Gasteiger charge is -2.37. The number of aromatic nitrogens is 1. The number of esters is 1. The quantitative estimate of drug-likeness (QED) is 0.198. The van der Waals surface area contributed by atoms with Crippen molar-refractivity contribution in [1.82, 2.24) is 25.4 Å². The van der Waals surface area contributed by atoms with Crippen molar-refractivity contribution in [3.8, 4) is 0 Å². The van der Waals surface area contributed by atoms with Crippen molar-refractivity contribution in [2.45, 2.75) is 110 Å². The summed E-state index contributed by atoms with van der Waals surface area (Å²) in [7, 11) is 3.64. The molecule has 3 rings (SSSR count). The minimum absolute atomic E-state index is 0.0484. The fourth-order valence-corrected chi connectivity index (χ4v) is 7.31. The van der Waals surface area contributed by atoms with Crippen molar-refractivity contribution in [2.24, 2.45) is 17.8 Å². The minimum Gasteiger partial charge on any atom is -0.481 e. The Bertz CT molecular complexity index is 1450. The molecule has 2 heterocycles. The Morgan fingerprint density at radius 2 is 1.70 bits per heavy atom. The number of aliphatic carboxylic acids is 1. The van der Waals surface area contributed by atoms with Crippen LogP contribution in [0.1, 0.15) is 101 Å². The number of thiazole rings is 1. The van der Waals surface area contributed by atoms with Crippen molar-refractivity contribution >= 4 is 41.0 Å². The highest BCUT2D eigenvalue weighted by Gasteiger charge is 2.37. The maximum atomic E-state index is 14.0. The van der Waals surface area contributed by atoms with Crippen LogP contribution >= 0.6 is 11.3 Å². The fourth-order valence-electron chi connectivity index (χ4n) is 6.47. The zero-order valence-corrected chi connectivity index (χ0v) is 31.5. The van der Waals surface area contributed by atoms with Crippen LogP contribution in [0, 0.1) is 17.8 Å². The van der Waals surface area contributed by atoms with Crippen molar-refractivity contribution in [3.05, 3.63) is 52.0 Å². The Labute approximate surface area is 300 Å². The van der Waals surface area contributed by atoms with Gasteiger partial charge in [0, 0.05) is 37.9 Å². The summed E-state index contributed by atoms with van der Waals surface area (Å²) in [5.41, 5.74) is 1.09. The number of nitrogens with zero attached hydrogens (tertiary/aromatic N) is 3. The molecule has 1 fully saturated rings. The van der Waals surface area contributed by atoms with Crippen LogP contribution in [0.3, 0.4) is 0 Å². The van der Waals surface area contributed by atoms with Gasteiger partial charge in [-0.2, -0.15) is 0 Å². The van der Waals surface area contributed by atoms with Crippen LogP contribution in [-0.4, -0.2) is 94.4 Å². The maximum Gasteiger partial charge on any atom is 0.306 e. The average Bonchev–Trinajstić information content (AvgIpc) is 3.55. The normalized spacial score (nSPS) is 18.1. The molecule has 0 saturated carbocycles. The molecule has 50 heavy (non-hydrogen) atoms. The Kier molecular flexibility index (Phi) is 15.4. The number of nitrogens with one attached hydrogen (secondary N) is 2. The number of carbonyl (C=O) groups is 5. The van der Waals surface area contributed by atoms with E-state index in [1.165, 1.54) is 18.3 Å². The molecule has 2 unspecified atom stereocenters. The zero-order valence-electron chi connectivity index (χ0n) is 30.7. The van der Waals surface area contributed by atoms with Gasteiger partial charge in [-0.15, -0.1) is 11.3 Å². The highest BCUT2D eigenvalue weighted by molar-refractivity contribution is 7.09. The summed E-state index contributed by atoms with van der Waals surface area (Å²) in [6.07, 6.45) is 2.83. The van der Waals surface area contributed by atoms with Gasteiger partial charge >= 0.3 is 11.9 Å². The number of carbonyl (C=O) groups excluding carboxylic acids is 4. The minimum atomic E-state index is -0.945. The maximum absolute atomic E-state index is 14.0. The second-order valence-corrected chi connectivity index (χ2v) is 15.1. The molecule has 0 bridgehead atoms. The molecule has 1 aromatic heterocycles. The SMILES string of the molecule is CC(=O)O[C@H](C[C@H](C(C)C)N(C)C(=O)[C@@H](NC(=O)[C@H]1CCCCN1C)C(C)C)c1nc(C(=O)NC(Cc2ccccc2)CC(C)C(=O)O)cs1. The number of carboxylic acid groups (broad SMARTS) is 1. The third-order valence-electron chi connectivity index (χ3n) is 9.43. The first kappa shape index (κ1) is 40.6. The molecule has 276 valence electrons. The van der Waals surface area contributed by atoms with E-state index in [-0.39, 0.29) is 48.2 Å². The Morgan fingerprint density at radius 3 is 2.28 bits per heavy atom. The van der Waals surface area contributed by atoms with Gasteiger partial charge in [0.25, 0.3) is 5.91 Å². The molecule has 0 radical (unpaired) electrons. The Morgan fingerprint density at radius 1 is 1.02 bits per heavy atom. The lowest BCUT2D eigenvalue weighted by molar-refractivity contribution is -0.149. The predicted octanol–water partition coefficient (Wildman–Crippen LogP) is 4.70. The van der Waals surface area contributed by atoms with Gasteiger partial charge in [-0.05, 0) is 56.7 Å². The average molecular weight is 714 g/mol. The summed E-state index contributed by atoms with van der Waals surface area (Å²) in [6, 6.07) is 7.66. The van der Waals surface area contributed by atoms with E-state index in [2.05, 4.69) is 15.6 Å². The molecule has 1 aliphatic heterocycles. The molecule has 0 spiro atoms. The van der Waals surface area contributed by atoms with Crippen LogP contribution in [0.25, 0.3) is 0 Å². The molecule has 1 saturated heterocycles. The smallest absolute Gasteiger partial charge is 0.306 e. The van der Waals surface area contributed by atoms with Crippen molar-refractivity contribution in [2.75, 3.05) is 20.6 Å². The van der Waals surface area contributed by atoms with Crippen LogP contribution in [0.5, 0.6) is 0 Å². The molecule has 12 nitrogen and oxygen atoms in total. The summed E-state index contributed by atoms with van der Waals surface area (Å²) < 4.78 is 5.74. The van der Waals surface area contributed by atoms with Crippen LogP contribution in [-0.2, 0) is 30.3 Å². The molecular weight excluding hydrogens is 659 g/mol. The number of ether oxygens (including phenoxy) is 1. The lowest BCUT2D eigenvalue weighted by atomic mass is 9.94. The predicted molar refractivity (Wildman–Crippen MR) is 192 cm³/mol. The van der Waals surface area contributed by atoms with E-state index >= 15 is 0 Å². The topological polar surface area (TPSA) is 158 Å². The van der Waals surface area contributed by atoms with E-state index in [1.54, 1.807) is 24.3 Å². The van der Waals surface area contributed by atoms with Gasteiger partial charge in [0.2, 0.25) is 11.8 Å². The number of likely N-dealkylation sites (N-methyl/N-ethyl adjacent to an activating group) is 2. The number of likely N-dealkylation sites (tertiary alicyclic amines) is 1. The van der Waals surface area contributed by atoms with Gasteiger partial charge in [0.1, 0.15) is 16.7 Å². The van der Waals surface area contributed by atoms with E-state index in [4.69, 9.17) is 4.74 Å². The summed E-state index contributed by atoms with van der Waals surface area (Å²) in [6.45, 7) is 11.5. The largest absolute Gasteiger partial charge is 0.481 e. The fraction of sp³-hybridized carbons (Fsp3) is 0.622. The summed E-state index contributed by atoms with van der Waals surface area (Å²) in [5, 5.41) is 17.5. The number of hydrogen-bond donors (Lipinski definition) is 3. The third-order valence-corrected chi connectivity index (χ3v) is 10.4. The molecule has 1 aromatic carbocycles. The summed E-state index contributed by atoms with van der Waals surface area (Å²) in [4.78, 5) is 72.9. The van der Waals surface area contributed by atoms with E-state index in [9.17, 15) is 29.1 Å². The Hall–Kier alpha value is -3.84. The number of amides is 3. The van der Waals surface area contributed by atoms with Crippen molar-refractivity contribution < 1.29 is 33.8 Å². The number of rotatable bonds is 17. The number of hydrogen-bond acceptors (Lipinski definition) is 9. The van der Waals surface area contributed by atoms with Crippen LogP contribution < -0.4 is 10.6 Å². The molecule has 2 aromatic rings. The van der Waals surface area contributed by atoms with Gasteiger partial charge in [0.15, 0.2) is 6.10 Å². The van der Waals surface area contributed by atoms with Crippen LogP contribution in [0.4, 0.5) is 0 Å². The van der Waals surface area contributed by atoms with Crippen molar-refractivity contribution in [1.29, 1.82) is 0 Å². The van der Waals surface area contributed by atoms with E-state index in [0.29, 0.717) is 11.4 Å². The van der Waals surface area contributed by atoms with E-state index in [1.807, 2.05) is 70.0 Å². The van der Waals surface area contributed by atoms with Crippen LogP contribution in [0.15, 0.2) is 35.7 Å². The summed E-state index contributed by atoms with van der Waals surface area (Å²) >= 11 is 1.18. The van der Waals surface area contributed by atoms with Crippen LogP contribution in [0.2, 0.25) is 0 Å². The summed E-state index contributed by atoms with van der Waals surface area (Å²) in [5.74, 6) is -3.19. The molecule has 3 N–H and O–H groups in total. The number of carboxylic acids is 1. The first-order valence-corrected chi connectivity index (χ1v) is 18.4. The number of piperidine rings is 1. The van der Waals surface area contributed by atoms with Gasteiger partial charge in [-0.25, -0.2) is 4.98 Å². The molecule has 6 atom stereocenters. The van der Waals surface area contributed by atoms with Gasteiger partial charge in [0.05, 0.1) is 12.0 Å². The molecular formula is C37H55N5O7S. The number of benzene rings is 1. The highest BCUT2D eigenvalue weighted by Crippen LogP contribution is 2.31. The molecule has 3 amide bonds. The molecule has 1 aliphatic rings. The van der Waals surface area contributed by atoms with Gasteiger partial charge < -0.3 is 25.4 Å². The molecule has 0 aliphatic carbocycles. The zero-order chi connectivity index (χ0) is 37.1. The first-order chi connectivity index (χ1) is 23.6. The van der Waals surface area contributed by atoms with E-state index < -0.39 is 48.0 Å². The van der Waals surface area contributed by atoms with Crippen molar-refractivity contribution in [3.63, 3.8) is 0 Å². The standard InChI is InChI=1S/C37H55N5O7S/c1-22(2)30(42(8)36(46)32(23(3)4)40-34(45)29-16-12-13-17-41(29)7)20-31(49-25(6)43)35-39-28(21-50-35)33(44)38-27(18-24(5)37(47)48)19-26-14-10-9-11-15-26/h9-11,14-15,21-24,27,29-32H,12-13,16-20H2,1-8H3,(H,38,44)(H,40,45)(H,47,48)/t24?,27?,29-,30-,31-,32+/m1/s1. The van der Waals surface area contributed by atoms with Gasteiger partial charge in [-0.1, -0.05) is 71.4 Å². The third kappa shape index (κ3) is 11.6. The van der Waals surface area contributed by atoms with Gasteiger partial charge in [-0.3, -0.25) is 28.9 Å². The molecule has 13 heteroatoms. The second-order valence-electron chi connectivity index (χ2n) is 14.2. The second kappa shape index (κ2) is 19.0. The monoisotopic (exact) mass is 713 g/mol.